The second-order valence-corrected chi connectivity index (χ2v) is 7.63. The minimum Gasteiger partial charge on any atom is -0.439 e. The molecule has 0 amide bonds. The molecule has 1 aliphatic heterocycles. The Morgan fingerprint density at radius 2 is 1.43 bits per heavy atom. The fourth-order valence-electron chi connectivity index (χ4n) is 4.14. The number of cyclic esters (lactones) is 1. The van der Waals surface area contributed by atoms with Crippen LogP contribution in [0.25, 0.3) is 0 Å². The van der Waals surface area contributed by atoms with Gasteiger partial charge in [0.25, 0.3) is 0 Å². The predicted octanol–water partition coefficient (Wildman–Crippen LogP) is 4.46. The third-order valence-corrected chi connectivity index (χ3v) is 5.80. The molecule has 0 radical (unpaired) electrons. The van der Waals surface area contributed by atoms with E-state index in [4.69, 9.17) is 4.74 Å². The van der Waals surface area contributed by atoms with E-state index in [1.165, 1.54) is 0 Å². The first-order valence-electron chi connectivity index (χ1n) is 10.3. The van der Waals surface area contributed by atoms with Crippen molar-refractivity contribution in [1.82, 2.24) is 4.98 Å². The fraction of sp³-hybridized carbons (Fsp3) is 0.280. The van der Waals surface area contributed by atoms with Crippen molar-refractivity contribution < 1.29 is 9.53 Å². The number of nitrogens with zero attached hydrogens (tertiary/aromatic N) is 3. The Labute approximate surface area is 177 Å². The summed E-state index contributed by atoms with van der Waals surface area (Å²) in [6, 6.07) is 19.9. The number of ether oxygens (including phenoxy) is 1. The Kier molecular flexibility index (Phi) is 5.20. The van der Waals surface area contributed by atoms with E-state index in [1.54, 1.807) is 18.3 Å². The van der Waals surface area contributed by atoms with Gasteiger partial charge >= 0.3 is 5.97 Å². The van der Waals surface area contributed by atoms with Crippen LogP contribution in [0.15, 0.2) is 66.9 Å². The van der Waals surface area contributed by atoms with E-state index in [0.717, 1.165) is 35.6 Å². The lowest BCUT2D eigenvalue weighted by atomic mass is 9.82. The van der Waals surface area contributed by atoms with Crippen LogP contribution in [0.1, 0.15) is 41.0 Å². The highest BCUT2D eigenvalue weighted by atomic mass is 16.6. The number of esters is 1. The second kappa shape index (κ2) is 7.82. The number of aromatic nitrogens is 1. The van der Waals surface area contributed by atoms with E-state index in [0.29, 0.717) is 11.3 Å². The third kappa shape index (κ3) is 3.11. The molecule has 0 saturated carbocycles. The normalized spacial score (nSPS) is 17.4. The highest BCUT2D eigenvalue weighted by Gasteiger charge is 2.49. The molecule has 1 aromatic heterocycles. The number of fused-ring (bicyclic) bond motifs is 1. The topological polar surface area (TPSA) is 45.7 Å². The number of hydrogen-bond donors (Lipinski definition) is 0. The highest BCUT2D eigenvalue weighted by molar-refractivity contribution is 5.95. The van der Waals surface area contributed by atoms with Gasteiger partial charge in [0.05, 0.1) is 5.56 Å². The van der Waals surface area contributed by atoms with Gasteiger partial charge in [0.15, 0.2) is 0 Å². The van der Waals surface area contributed by atoms with Crippen LogP contribution in [-0.4, -0.2) is 38.1 Å². The van der Waals surface area contributed by atoms with Gasteiger partial charge in [-0.25, -0.2) is 4.79 Å². The zero-order chi connectivity index (χ0) is 21.3. The SMILES string of the molecule is CCN(CC)c1ccc(C2(c3ccc(N(C)C)cc3)OC(=O)c3cccnc32)cc1. The molecule has 0 fully saturated rings. The van der Waals surface area contributed by atoms with Crippen molar-refractivity contribution in [3.8, 4) is 0 Å². The highest BCUT2D eigenvalue weighted by Crippen LogP contribution is 2.46. The Hall–Kier alpha value is -3.34. The van der Waals surface area contributed by atoms with E-state index >= 15 is 0 Å². The smallest absolute Gasteiger partial charge is 0.341 e. The van der Waals surface area contributed by atoms with Crippen molar-refractivity contribution in [2.45, 2.75) is 19.4 Å². The number of hydrogen-bond acceptors (Lipinski definition) is 5. The Bertz CT molecular complexity index is 1040. The van der Waals surface area contributed by atoms with Crippen molar-refractivity contribution in [3.63, 3.8) is 0 Å². The van der Waals surface area contributed by atoms with Crippen LogP contribution in [0.3, 0.4) is 0 Å². The molecule has 1 atom stereocenters. The number of carbonyl (C=O) groups is 1. The van der Waals surface area contributed by atoms with E-state index in [-0.39, 0.29) is 5.97 Å². The van der Waals surface area contributed by atoms with Crippen LogP contribution in [0, 0.1) is 0 Å². The van der Waals surface area contributed by atoms with Crippen LogP contribution < -0.4 is 9.80 Å². The molecule has 154 valence electrons. The summed E-state index contributed by atoms with van der Waals surface area (Å²) in [5.41, 5.74) is 4.10. The molecule has 0 spiro atoms. The van der Waals surface area contributed by atoms with Gasteiger partial charge in [-0.3, -0.25) is 4.98 Å². The quantitative estimate of drug-likeness (QED) is 0.571. The van der Waals surface area contributed by atoms with Gasteiger partial charge in [-0.2, -0.15) is 0 Å². The maximum absolute atomic E-state index is 12.8. The van der Waals surface area contributed by atoms with E-state index in [2.05, 4.69) is 35.9 Å². The number of carbonyl (C=O) groups excluding carboxylic acids is 1. The molecule has 1 aliphatic rings. The lowest BCUT2D eigenvalue weighted by Crippen LogP contribution is -2.30. The average molecular weight is 402 g/mol. The van der Waals surface area contributed by atoms with Crippen LogP contribution in [0.2, 0.25) is 0 Å². The summed E-state index contributed by atoms with van der Waals surface area (Å²) in [7, 11) is 4.01. The Balaban J connectivity index is 1.89. The van der Waals surface area contributed by atoms with Crippen LogP contribution in [0.5, 0.6) is 0 Å². The second-order valence-electron chi connectivity index (χ2n) is 7.63. The Morgan fingerprint density at radius 3 is 1.97 bits per heavy atom. The molecular formula is C25H27N3O2. The fourth-order valence-corrected chi connectivity index (χ4v) is 4.14. The summed E-state index contributed by atoms with van der Waals surface area (Å²) in [5.74, 6) is -0.345. The number of anilines is 2. The minimum absolute atomic E-state index is 0.345. The summed E-state index contributed by atoms with van der Waals surface area (Å²) in [4.78, 5) is 21.7. The number of pyridine rings is 1. The average Bonchev–Trinajstić information content (AvgIpc) is 3.09. The van der Waals surface area contributed by atoms with Crippen LogP contribution >= 0.6 is 0 Å². The first-order valence-corrected chi connectivity index (χ1v) is 10.3. The largest absolute Gasteiger partial charge is 0.439 e. The minimum atomic E-state index is -1.06. The third-order valence-electron chi connectivity index (χ3n) is 5.80. The molecule has 2 aromatic carbocycles. The maximum Gasteiger partial charge on any atom is 0.341 e. The summed E-state index contributed by atoms with van der Waals surface area (Å²) in [6.07, 6.45) is 1.72. The molecule has 1 unspecified atom stereocenters. The zero-order valence-corrected chi connectivity index (χ0v) is 17.9. The van der Waals surface area contributed by atoms with Gasteiger partial charge in [0.1, 0.15) is 5.69 Å². The first-order chi connectivity index (χ1) is 14.5. The number of benzene rings is 2. The molecule has 30 heavy (non-hydrogen) atoms. The molecule has 3 aromatic rings. The van der Waals surface area contributed by atoms with Crippen molar-refractivity contribution in [2.75, 3.05) is 37.0 Å². The summed E-state index contributed by atoms with van der Waals surface area (Å²) in [5, 5.41) is 0. The van der Waals surface area contributed by atoms with Crippen molar-refractivity contribution >= 4 is 17.3 Å². The van der Waals surface area contributed by atoms with Crippen molar-refractivity contribution in [2.24, 2.45) is 0 Å². The zero-order valence-electron chi connectivity index (χ0n) is 17.9. The van der Waals surface area contributed by atoms with Gasteiger partial charge < -0.3 is 14.5 Å². The first kappa shape index (κ1) is 20.0. The van der Waals surface area contributed by atoms with E-state index < -0.39 is 5.60 Å². The molecule has 5 nitrogen and oxygen atoms in total. The molecule has 0 N–H and O–H groups in total. The van der Waals surface area contributed by atoms with Gasteiger partial charge in [0.2, 0.25) is 5.60 Å². The molecule has 5 heteroatoms. The lowest BCUT2D eigenvalue weighted by molar-refractivity contribution is 0.0243. The van der Waals surface area contributed by atoms with Gasteiger partial charge in [-0.1, -0.05) is 24.3 Å². The molecule has 0 aliphatic carbocycles. The summed E-state index contributed by atoms with van der Waals surface area (Å²) in [6.45, 7) is 6.16. The Morgan fingerprint density at radius 1 is 0.867 bits per heavy atom. The molecule has 2 heterocycles. The summed E-state index contributed by atoms with van der Waals surface area (Å²) >= 11 is 0. The van der Waals surface area contributed by atoms with Crippen molar-refractivity contribution in [3.05, 3.63) is 89.2 Å². The van der Waals surface area contributed by atoms with Gasteiger partial charge in [0, 0.05) is 55.9 Å². The molecule has 0 bridgehead atoms. The molecule has 4 rings (SSSR count). The van der Waals surface area contributed by atoms with Crippen LogP contribution in [0.4, 0.5) is 11.4 Å². The van der Waals surface area contributed by atoms with Crippen LogP contribution in [-0.2, 0) is 10.3 Å². The van der Waals surface area contributed by atoms with Gasteiger partial charge in [-0.05, 0) is 50.2 Å². The maximum atomic E-state index is 12.8. The van der Waals surface area contributed by atoms with E-state index in [1.807, 2.05) is 55.4 Å². The molecule has 0 saturated heterocycles. The predicted molar refractivity (Wildman–Crippen MR) is 120 cm³/mol. The monoisotopic (exact) mass is 401 g/mol. The lowest BCUT2D eigenvalue weighted by Gasteiger charge is -2.30. The van der Waals surface area contributed by atoms with E-state index in [9.17, 15) is 4.79 Å². The summed E-state index contributed by atoms with van der Waals surface area (Å²) < 4.78 is 6.12. The number of rotatable bonds is 6. The standard InChI is InChI=1S/C25H27N3O2/c1-5-28(6-2)21-15-11-19(12-16-21)25(18-9-13-20(14-10-18)27(3)4)23-22(24(29)30-25)8-7-17-26-23/h7-17H,5-6H2,1-4H3. The van der Waals surface area contributed by atoms with Gasteiger partial charge in [-0.15, -0.1) is 0 Å². The molecular weight excluding hydrogens is 374 g/mol. The van der Waals surface area contributed by atoms with Crippen molar-refractivity contribution in [1.29, 1.82) is 0 Å².